The maximum absolute atomic E-state index is 12.3. The molecule has 2 aromatic heterocycles. The van der Waals surface area contributed by atoms with Gasteiger partial charge in [-0.1, -0.05) is 20.3 Å². The molecule has 21 heavy (non-hydrogen) atoms. The Balaban J connectivity index is 2.14. The van der Waals surface area contributed by atoms with E-state index in [2.05, 4.69) is 23.9 Å². The van der Waals surface area contributed by atoms with Crippen molar-refractivity contribution in [3.8, 4) is 5.82 Å². The summed E-state index contributed by atoms with van der Waals surface area (Å²) in [5, 5.41) is 2.77. The number of rotatable bonds is 5. The smallest absolute Gasteiger partial charge is 0.272 e. The second kappa shape index (κ2) is 6.39. The Bertz CT molecular complexity index is 657. The van der Waals surface area contributed by atoms with Crippen LogP contribution in [0.5, 0.6) is 0 Å². The summed E-state index contributed by atoms with van der Waals surface area (Å²) in [7, 11) is 1.79. The molecule has 1 atom stereocenters. The summed E-state index contributed by atoms with van der Waals surface area (Å²) in [6.07, 6.45) is 4.07. The number of nitrogens with zero attached hydrogens (tertiary/aromatic N) is 3. The van der Waals surface area contributed by atoms with E-state index in [1.807, 2.05) is 0 Å². The van der Waals surface area contributed by atoms with Gasteiger partial charge in [0, 0.05) is 32.1 Å². The highest BCUT2D eigenvalue weighted by Crippen LogP contribution is 2.09. The van der Waals surface area contributed by atoms with Crippen molar-refractivity contribution in [1.82, 2.24) is 19.7 Å². The van der Waals surface area contributed by atoms with Crippen LogP contribution < -0.4 is 5.56 Å². The normalized spacial score (nSPS) is 12.1. The maximum atomic E-state index is 12.3. The van der Waals surface area contributed by atoms with Gasteiger partial charge in [0.15, 0.2) is 5.82 Å². The van der Waals surface area contributed by atoms with Crippen LogP contribution in [0.1, 0.15) is 30.6 Å². The van der Waals surface area contributed by atoms with Gasteiger partial charge in [0.05, 0.1) is 5.56 Å². The molecule has 0 saturated carbocycles. The summed E-state index contributed by atoms with van der Waals surface area (Å²) < 4.78 is 1.32. The monoisotopic (exact) mass is 288 g/mol. The third-order valence-electron chi connectivity index (χ3n) is 3.50. The molecule has 112 valence electrons. The molecule has 0 aliphatic carbocycles. The first kappa shape index (κ1) is 15.0. The van der Waals surface area contributed by atoms with E-state index in [0.29, 0.717) is 23.8 Å². The van der Waals surface area contributed by atoms with Gasteiger partial charge in [-0.3, -0.25) is 14.7 Å². The number of hydrogen-bond acceptors (Lipinski definition) is 3. The summed E-state index contributed by atoms with van der Waals surface area (Å²) >= 11 is 0. The number of hydrogen-bond donors (Lipinski definition) is 1. The van der Waals surface area contributed by atoms with E-state index < -0.39 is 0 Å². The van der Waals surface area contributed by atoms with Gasteiger partial charge in [-0.15, -0.1) is 0 Å². The van der Waals surface area contributed by atoms with Crippen LogP contribution in [0.2, 0.25) is 0 Å². The topological polar surface area (TPSA) is 71.0 Å². The molecule has 1 N–H and O–H groups in total. The molecule has 0 saturated heterocycles. The molecule has 0 aliphatic rings. The van der Waals surface area contributed by atoms with Gasteiger partial charge in [-0.05, 0) is 18.1 Å². The Kier molecular flexibility index (Phi) is 4.57. The lowest BCUT2D eigenvalue weighted by molar-refractivity contribution is 0.0774. The average Bonchev–Trinajstić information content (AvgIpc) is 2.92. The Labute approximate surface area is 123 Å². The molecular weight excluding hydrogens is 268 g/mol. The average molecular weight is 288 g/mol. The molecule has 1 unspecified atom stereocenters. The minimum absolute atomic E-state index is 0.0619. The first-order valence-corrected chi connectivity index (χ1v) is 7.01. The maximum Gasteiger partial charge on any atom is 0.272 e. The lowest BCUT2D eigenvalue weighted by Crippen LogP contribution is -2.31. The number of carbonyl (C=O) groups excluding carboxylic acids is 1. The fourth-order valence-corrected chi connectivity index (χ4v) is 2.05. The lowest BCUT2D eigenvalue weighted by Gasteiger charge is -2.20. The number of amides is 1. The van der Waals surface area contributed by atoms with Gasteiger partial charge in [0.1, 0.15) is 0 Å². The predicted molar refractivity (Wildman–Crippen MR) is 80.6 cm³/mol. The molecule has 2 rings (SSSR count). The molecule has 6 nitrogen and oxygen atoms in total. The number of aromatic nitrogens is 3. The molecule has 0 aliphatic heterocycles. The Morgan fingerprint density at radius 1 is 1.43 bits per heavy atom. The second-order valence-corrected chi connectivity index (χ2v) is 5.24. The summed E-state index contributed by atoms with van der Waals surface area (Å²) in [5.41, 5.74) is 0.333. The fourth-order valence-electron chi connectivity index (χ4n) is 2.05. The van der Waals surface area contributed by atoms with Gasteiger partial charge in [0.25, 0.3) is 11.5 Å². The van der Waals surface area contributed by atoms with E-state index >= 15 is 0 Å². The van der Waals surface area contributed by atoms with Crippen LogP contribution in [0, 0.1) is 5.92 Å². The SMILES string of the molecule is CCC(C)CN(C)C(=O)c1ccc(-n2[nH]ccc2=O)nc1. The van der Waals surface area contributed by atoms with Crippen molar-refractivity contribution in [3.05, 3.63) is 46.5 Å². The summed E-state index contributed by atoms with van der Waals surface area (Å²) in [6, 6.07) is 4.76. The van der Waals surface area contributed by atoms with Gasteiger partial charge < -0.3 is 4.90 Å². The van der Waals surface area contributed by atoms with Crippen molar-refractivity contribution in [3.63, 3.8) is 0 Å². The van der Waals surface area contributed by atoms with Crippen molar-refractivity contribution in [2.24, 2.45) is 5.92 Å². The van der Waals surface area contributed by atoms with Crippen LogP contribution in [0.15, 0.2) is 35.4 Å². The highest BCUT2D eigenvalue weighted by molar-refractivity contribution is 5.93. The molecule has 0 aromatic carbocycles. The summed E-state index contributed by atoms with van der Waals surface area (Å²) in [6.45, 7) is 4.93. The highest BCUT2D eigenvalue weighted by atomic mass is 16.2. The van der Waals surface area contributed by atoms with Gasteiger partial charge in [0.2, 0.25) is 0 Å². The number of carbonyl (C=O) groups is 1. The van der Waals surface area contributed by atoms with Gasteiger partial charge in [-0.2, -0.15) is 0 Å². The standard InChI is InChI=1S/C15H20N4O2/c1-4-11(2)10-18(3)15(21)12-5-6-13(16-9-12)19-14(20)7-8-17-19/h5-9,11,17H,4,10H2,1-3H3. The van der Waals surface area contributed by atoms with Crippen LogP contribution in [-0.2, 0) is 0 Å². The van der Waals surface area contributed by atoms with Crippen LogP contribution >= 0.6 is 0 Å². The Hall–Kier alpha value is -2.37. The molecule has 0 bridgehead atoms. The largest absolute Gasteiger partial charge is 0.341 e. The lowest BCUT2D eigenvalue weighted by atomic mass is 10.1. The van der Waals surface area contributed by atoms with Crippen molar-refractivity contribution in [2.45, 2.75) is 20.3 Å². The zero-order chi connectivity index (χ0) is 15.4. The van der Waals surface area contributed by atoms with E-state index in [1.165, 1.54) is 16.9 Å². The van der Waals surface area contributed by atoms with Crippen molar-refractivity contribution < 1.29 is 4.79 Å². The van der Waals surface area contributed by atoms with Gasteiger partial charge in [-0.25, -0.2) is 9.67 Å². The quantitative estimate of drug-likeness (QED) is 0.910. The molecule has 0 fully saturated rings. The third kappa shape index (κ3) is 3.39. The zero-order valence-electron chi connectivity index (χ0n) is 12.5. The van der Waals surface area contributed by atoms with E-state index in [9.17, 15) is 9.59 Å². The van der Waals surface area contributed by atoms with Crippen LogP contribution in [-0.4, -0.2) is 39.2 Å². The van der Waals surface area contributed by atoms with E-state index in [1.54, 1.807) is 30.3 Å². The van der Waals surface area contributed by atoms with Gasteiger partial charge >= 0.3 is 0 Å². The summed E-state index contributed by atoms with van der Waals surface area (Å²) in [5.74, 6) is 0.864. The minimum Gasteiger partial charge on any atom is -0.341 e. The number of pyridine rings is 1. The minimum atomic E-state index is -0.185. The van der Waals surface area contributed by atoms with Crippen molar-refractivity contribution in [1.29, 1.82) is 0 Å². The van der Waals surface area contributed by atoms with Crippen molar-refractivity contribution in [2.75, 3.05) is 13.6 Å². The summed E-state index contributed by atoms with van der Waals surface area (Å²) in [4.78, 5) is 29.7. The molecule has 6 heteroatoms. The van der Waals surface area contributed by atoms with Crippen molar-refractivity contribution >= 4 is 5.91 Å². The van der Waals surface area contributed by atoms with E-state index in [-0.39, 0.29) is 11.5 Å². The first-order chi connectivity index (χ1) is 10.0. The molecule has 2 aromatic rings. The van der Waals surface area contributed by atoms with E-state index in [0.717, 1.165) is 6.42 Å². The Morgan fingerprint density at radius 2 is 2.19 bits per heavy atom. The highest BCUT2D eigenvalue weighted by Gasteiger charge is 2.14. The number of H-pyrrole nitrogens is 1. The van der Waals surface area contributed by atoms with Crippen LogP contribution in [0.25, 0.3) is 5.82 Å². The second-order valence-electron chi connectivity index (χ2n) is 5.24. The van der Waals surface area contributed by atoms with Crippen LogP contribution in [0.3, 0.4) is 0 Å². The first-order valence-electron chi connectivity index (χ1n) is 7.01. The molecule has 2 heterocycles. The fraction of sp³-hybridized carbons (Fsp3) is 0.400. The number of aromatic amines is 1. The Morgan fingerprint density at radius 3 is 2.71 bits per heavy atom. The molecule has 0 spiro atoms. The zero-order valence-corrected chi connectivity index (χ0v) is 12.5. The molecular formula is C15H20N4O2. The third-order valence-corrected chi connectivity index (χ3v) is 3.50. The van der Waals surface area contributed by atoms with Crippen LogP contribution in [0.4, 0.5) is 0 Å². The predicted octanol–water partition coefficient (Wildman–Crippen LogP) is 1.68. The number of nitrogens with one attached hydrogen (secondary N) is 1. The molecule has 0 radical (unpaired) electrons. The van der Waals surface area contributed by atoms with E-state index in [4.69, 9.17) is 0 Å². The molecule has 1 amide bonds.